The topological polar surface area (TPSA) is 59.1 Å². The third kappa shape index (κ3) is 6.56. The van der Waals surface area contributed by atoms with Crippen LogP contribution in [0.2, 0.25) is 5.02 Å². The van der Waals surface area contributed by atoms with Crippen LogP contribution >= 0.6 is 11.6 Å². The van der Waals surface area contributed by atoms with Gasteiger partial charge in [0.1, 0.15) is 5.75 Å². The number of carbonyl (C=O) groups is 2. The first-order valence-corrected chi connectivity index (χ1v) is 12.7. The summed E-state index contributed by atoms with van der Waals surface area (Å²) in [6.07, 6.45) is -0.472. The van der Waals surface area contributed by atoms with E-state index in [0.29, 0.717) is 31.3 Å². The molecule has 2 amide bonds. The zero-order valence-corrected chi connectivity index (χ0v) is 22.4. The van der Waals surface area contributed by atoms with Crippen LogP contribution in [0.25, 0.3) is 10.8 Å². The summed E-state index contributed by atoms with van der Waals surface area (Å²) in [4.78, 5) is 31.3. The molecule has 0 N–H and O–H groups in total. The summed E-state index contributed by atoms with van der Waals surface area (Å²) in [5.74, 6) is 0.798. The number of halogens is 1. The van der Waals surface area contributed by atoms with Gasteiger partial charge in [-0.15, -0.1) is 0 Å². The Morgan fingerprint density at radius 1 is 1.06 bits per heavy atom. The van der Waals surface area contributed by atoms with Crippen molar-refractivity contribution >= 4 is 34.2 Å². The van der Waals surface area contributed by atoms with Gasteiger partial charge >= 0.3 is 0 Å². The van der Waals surface area contributed by atoms with E-state index in [4.69, 9.17) is 21.2 Å². The zero-order chi connectivity index (χ0) is 26.3. The highest BCUT2D eigenvalue weighted by molar-refractivity contribution is 6.31. The van der Waals surface area contributed by atoms with Crippen LogP contribution in [-0.4, -0.2) is 47.6 Å². The lowest BCUT2D eigenvalue weighted by atomic mass is 9.95. The predicted molar refractivity (Wildman–Crippen MR) is 144 cm³/mol. The molecule has 0 bridgehead atoms. The number of likely N-dealkylation sites (N-methyl/N-ethyl adjacent to an activating group) is 1. The minimum Gasteiger partial charge on any atom is -0.480 e. The van der Waals surface area contributed by atoms with Gasteiger partial charge in [-0.1, -0.05) is 66.2 Å². The van der Waals surface area contributed by atoms with E-state index in [1.54, 1.807) is 4.90 Å². The van der Waals surface area contributed by atoms with Gasteiger partial charge in [0, 0.05) is 23.5 Å². The van der Waals surface area contributed by atoms with Crippen molar-refractivity contribution in [2.24, 2.45) is 5.41 Å². The van der Waals surface area contributed by atoms with Gasteiger partial charge in [0.2, 0.25) is 0 Å². The molecule has 1 fully saturated rings. The van der Waals surface area contributed by atoms with E-state index in [1.807, 2.05) is 101 Å². The second kappa shape index (κ2) is 12.2. The zero-order valence-electron chi connectivity index (χ0n) is 21.7. The molecule has 1 aliphatic rings. The number of amides is 2. The van der Waals surface area contributed by atoms with E-state index in [9.17, 15) is 9.59 Å². The molecule has 0 spiro atoms. The summed E-state index contributed by atoms with van der Waals surface area (Å²) in [5, 5.41) is 4.20. The quantitative estimate of drug-likeness (QED) is 0.384. The van der Waals surface area contributed by atoms with Crippen LogP contribution in [-0.2, 0) is 21.0 Å². The van der Waals surface area contributed by atoms with Gasteiger partial charge in [0.25, 0.3) is 11.8 Å². The third-order valence-corrected chi connectivity index (χ3v) is 6.50. The van der Waals surface area contributed by atoms with Crippen LogP contribution in [0, 0.1) is 5.41 Å². The van der Waals surface area contributed by atoms with Crippen molar-refractivity contribution in [1.29, 1.82) is 0 Å². The molecule has 1 heterocycles. The fourth-order valence-electron chi connectivity index (χ4n) is 3.93. The number of nitrogens with zero attached hydrogens (tertiary/aromatic N) is 2. The molecular weight excluding hydrogens is 476 g/mol. The Labute approximate surface area is 218 Å². The molecule has 7 heteroatoms. The second-order valence-corrected chi connectivity index (χ2v) is 9.75. The molecule has 0 aliphatic carbocycles. The van der Waals surface area contributed by atoms with E-state index in [-0.39, 0.29) is 11.8 Å². The fourth-order valence-corrected chi connectivity index (χ4v) is 4.12. The molecule has 1 atom stereocenters. The number of benzene rings is 3. The fraction of sp³-hybridized carbons (Fsp3) is 0.379. The molecule has 1 aliphatic heterocycles. The maximum atomic E-state index is 12.2. The summed E-state index contributed by atoms with van der Waals surface area (Å²) in [7, 11) is 0. The molecule has 1 saturated heterocycles. The monoisotopic (exact) mass is 510 g/mol. The second-order valence-electron chi connectivity index (χ2n) is 9.34. The van der Waals surface area contributed by atoms with Crippen molar-refractivity contribution < 1.29 is 19.2 Å². The normalized spacial score (nSPS) is 15.3. The summed E-state index contributed by atoms with van der Waals surface area (Å²) < 4.78 is 5.88. The average Bonchev–Trinajstić information content (AvgIpc) is 3.13. The number of rotatable bonds is 7. The van der Waals surface area contributed by atoms with Crippen molar-refractivity contribution in [2.45, 2.75) is 47.3 Å². The van der Waals surface area contributed by atoms with Gasteiger partial charge < -0.3 is 9.64 Å². The summed E-state index contributed by atoms with van der Waals surface area (Å²) >= 11 is 6.03. The lowest BCUT2D eigenvalue weighted by molar-refractivity contribution is -0.165. The lowest BCUT2D eigenvalue weighted by Gasteiger charge is -2.23. The van der Waals surface area contributed by atoms with Gasteiger partial charge in [-0.3, -0.25) is 14.4 Å². The highest BCUT2D eigenvalue weighted by Gasteiger charge is 2.40. The molecule has 6 nitrogen and oxygen atoms in total. The van der Waals surface area contributed by atoms with Crippen molar-refractivity contribution in [3.63, 3.8) is 0 Å². The Hall–Kier alpha value is -3.09. The first-order chi connectivity index (χ1) is 17.2. The Morgan fingerprint density at radius 2 is 1.69 bits per heavy atom. The van der Waals surface area contributed by atoms with Crippen LogP contribution in [0.1, 0.15) is 40.2 Å². The van der Waals surface area contributed by atoms with Crippen LogP contribution in [0.15, 0.2) is 66.7 Å². The van der Waals surface area contributed by atoms with Crippen LogP contribution < -0.4 is 4.74 Å². The number of fused-ring (bicyclic) bond motifs is 1. The maximum Gasteiger partial charge on any atom is 0.263 e. The molecular formula is C29H35ClN2O4. The van der Waals surface area contributed by atoms with E-state index in [2.05, 4.69) is 0 Å². The van der Waals surface area contributed by atoms with Crippen LogP contribution in [0.3, 0.4) is 0 Å². The Morgan fingerprint density at radius 3 is 2.33 bits per heavy atom. The highest BCUT2D eigenvalue weighted by atomic mass is 35.5. The van der Waals surface area contributed by atoms with Gasteiger partial charge in [-0.25, -0.2) is 5.06 Å². The van der Waals surface area contributed by atoms with Crippen molar-refractivity contribution in [3.05, 3.63) is 77.3 Å². The molecule has 36 heavy (non-hydrogen) atoms. The van der Waals surface area contributed by atoms with Crippen molar-refractivity contribution in [3.8, 4) is 5.75 Å². The largest absolute Gasteiger partial charge is 0.480 e. The van der Waals surface area contributed by atoms with Gasteiger partial charge in [0.15, 0.2) is 6.10 Å². The minimum absolute atomic E-state index is 0.00687. The van der Waals surface area contributed by atoms with Gasteiger partial charge in [-0.2, -0.15) is 0 Å². The van der Waals surface area contributed by atoms with Crippen molar-refractivity contribution in [2.75, 3.05) is 19.7 Å². The molecule has 1 unspecified atom stereocenters. The Bertz CT molecular complexity index is 1190. The summed E-state index contributed by atoms with van der Waals surface area (Å²) in [5.41, 5.74) is 0.469. The number of carbonyl (C=O) groups excluding carboxylic acids is 2. The number of hydrogen-bond donors (Lipinski definition) is 0. The molecule has 0 radical (unpaired) electrons. The standard InChI is InChI=1S/C17H21NO2.C12H14ClNO2/c1-4-18(5-2)17(19)13(3)20-16-12-8-10-14-9-6-7-11-15(14)16;1-12(2)8-16-14(11(12)15)7-9-5-3-4-6-10(9)13/h6-13H,4-5H2,1-3H3;3-6H,7-8H2,1-2H3. The summed E-state index contributed by atoms with van der Waals surface area (Å²) in [6.45, 7) is 11.8. The predicted octanol–water partition coefficient (Wildman–Crippen LogP) is 6.12. The SMILES string of the molecule is CC1(C)CON(Cc2ccccc2Cl)C1=O.CCN(CC)C(=O)C(C)Oc1cccc2ccccc12. The minimum atomic E-state index is -0.472. The first kappa shape index (κ1) is 27.5. The number of ether oxygens (including phenoxy) is 1. The Balaban J connectivity index is 0.000000205. The highest BCUT2D eigenvalue weighted by Crippen LogP contribution is 2.29. The number of hydrogen-bond acceptors (Lipinski definition) is 4. The average molecular weight is 511 g/mol. The lowest BCUT2D eigenvalue weighted by Crippen LogP contribution is -2.40. The molecule has 192 valence electrons. The third-order valence-electron chi connectivity index (χ3n) is 6.13. The van der Waals surface area contributed by atoms with E-state index in [1.165, 1.54) is 5.06 Å². The van der Waals surface area contributed by atoms with Gasteiger partial charge in [-0.05, 0) is 57.7 Å². The molecule has 4 rings (SSSR count). The van der Waals surface area contributed by atoms with E-state index in [0.717, 1.165) is 22.1 Å². The maximum absolute atomic E-state index is 12.2. The molecule has 3 aromatic carbocycles. The van der Waals surface area contributed by atoms with E-state index < -0.39 is 11.5 Å². The smallest absolute Gasteiger partial charge is 0.263 e. The molecule has 0 aromatic heterocycles. The van der Waals surface area contributed by atoms with Crippen LogP contribution in [0.4, 0.5) is 0 Å². The van der Waals surface area contributed by atoms with Crippen molar-refractivity contribution in [1.82, 2.24) is 9.96 Å². The molecule has 3 aromatic rings. The van der Waals surface area contributed by atoms with Crippen LogP contribution in [0.5, 0.6) is 5.75 Å². The van der Waals surface area contributed by atoms with E-state index >= 15 is 0 Å². The number of hydroxylamine groups is 2. The Kier molecular flexibility index (Phi) is 9.35. The first-order valence-electron chi connectivity index (χ1n) is 12.3. The van der Waals surface area contributed by atoms with Gasteiger partial charge in [0.05, 0.1) is 18.6 Å². The summed E-state index contributed by atoms with van der Waals surface area (Å²) in [6, 6.07) is 21.4. The molecule has 0 saturated carbocycles.